The number of rotatable bonds is 4. The number of ether oxygens (including phenoxy) is 1. The predicted octanol–water partition coefficient (Wildman–Crippen LogP) is 1.000. The van der Waals surface area contributed by atoms with Crippen LogP contribution in [0.2, 0.25) is 0 Å². The summed E-state index contributed by atoms with van der Waals surface area (Å²) < 4.78 is 6.72. The number of carboxylic acids is 1. The van der Waals surface area contributed by atoms with Gasteiger partial charge in [0, 0.05) is 12.6 Å². The summed E-state index contributed by atoms with van der Waals surface area (Å²) in [4.78, 5) is 10.6. The van der Waals surface area contributed by atoms with Crippen molar-refractivity contribution in [3.05, 3.63) is 11.8 Å². The maximum absolute atomic E-state index is 10.6. The topological polar surface area (TPSA) is 64.3 Å². The zero-order valence-corrected chi connectivity index (χ0v) is 7.65. The van der Waals surface area contributed by atoms with Crippen LogP contribution in [0, 0.1) is 0 Å². The first kappa shape index (κ1) is 9.57. The van der Waals surface area contributed by atoms with Crippen LogP contribution in [0.3, 0.4) is 0 Å². The average molecular weight is 184 g/mol. The Hall–Kier alpha value is -1.52. The SMILES string of the molecule is CCOc1cc(C(=O)O)nn1CC. The lowest BCUT2D eigenvalue weighted by atomic mass is 10.4. The molecule has 0 aliphatic rings. The highest BCUT2D eigenvalue weighted by molar-refractivity contribution is 5.85. The second-order valence-electron chi connectivity index (χ2n) is 2.42. The van der Waals surface area contributed by atoms with E-state index in [1.54, 1.807) is 0 Å². The quantitative estimate of drug-likeness (QED) is 0.758. The number of aromatic carboxylic acids is 1. The van der Waals surface area contributed by atoms with E-state index in [-0.39, 0.29) is 5.69 Å². The Morgan fingerprint density at radius 2 is 2.38 bits per heavy atom. The van der Waals surface area contributed by atoms with E-state index in [9.17, 15) is 4.79 Å². The molecule has 0 aromatic carbocycles. The molecule has 5 nitrogen and oxygen atoms in total. The van der Waals surface area contributed by atoms with Gasteiger partial charge in [0.15, 0.2) is 5.69 Å². The molecule has 13 heavy (non-hydrogen) atoms. The highest BCUT2D eigenvalue weighted by Gasteiger charge is 2.12. The summed E-state index contributed by atoms with van der Waals surface area (Å²) in [5, 5.41) is 12.5. The lowest BCUT2D eigenvalue weighted by molar-refractivity contribution is 0.0689. The largest absolute Gasteiger partial charge is 0.478 e. The van der Waals surface area contributed by atoms with Gasteiger partial charge in [0.05, 0.1) is 6.61 Å². The van der Waals surface area contributed by atoms with Crippen molar-refractivity contribution in [3.8, 4) is 5.88 Å². The van der Waals surface area contributed by atoms with E-state index in [1.165, 1.54) is 10.7 Å². The van der Waals surface area contributed by atoms with Crippen molar-refractivity contribution in [2.24, 2.45) is 0 Å². The Labute approximate surface area is 75.9 Å². The van der Waals surface area contributed by atoms with Crippen molar-refractivity contribution >= 4 is 5.97 Å². The first-order valence-corrected chi connectivity index (χ1v) is 4.13. The summed E-state index contributed by atoms with van der Waals surface area (Å²) in [7, 11) is 0. The normalized spacial score (nSPS) is 10.0. The smallest absolute Gasteiger partial charge is 0.356 e. The number of aromatic nitrogens is 2. The molecule has 1 aromatic rings. The van der Waals surface area contributed by atoms with E-state index in [2.05, 4.69) is 5.10 Å². The summed E-state index contributed by atoms with van der Waals surface area (Å²) in [6, 6.07) is 1.43. The van der Waals surface area contributed by atoms with Crippen molar-refractivity contribution in [3.63, 3.8) is 0 Å². The van der Waals surface area contributed by atoms with Gasteiger partial charge in [-0.3, -0.25) is 0 Å². The summed E-state index contributed by atoms with van der Waals surface area (Å²) in [6.45, 7) is 4.82. The molecule has 1 aromatic heterocycles. The lowest BCUT2D eigenvalue weighted by Gasteiger charge is -2.03. The molecule has 0 fully saturated rings. The number of carbonyl (C=O) groups is 1. The number of aryl methyl sites for hydroxylation is 1. The van der Waals surface area contributed by atoms with Crippen LogP contribution in [-0.4, -0.2) is 27.5 Å². The van der Waals surface area contributed by atoms with Crippen LogP contribution in [0.15, 0.2) is 6.07 Å². The van der Waals surface area contributed by atoms with Gasteiger partial charge >= 0.3 is 5.97 Å². The van der Waals surface area contributed by atoms with Gasteiger partial charge in [-0.2, -0.15) is 5.10 Å². The molecule has 0 unspecified atom stereocenters. The summed E-state index contributed by atoms with van der Waals surface area (Å²) in [5.74, 6) is -0.532. The van der Waals surface area contributed by atoms with E-state index in [4.69, 9.17) is 9.84 Å². The first-order valence-electron chi connectivity index (χ1n) is 4.13. The van der Waals surface area contributed by atoms with E-state index in [0.29, 0.717) is 19.0 Å². The van der Waals surface area contributed by atoms with E-state index < -0.39 is 5.97 Å². The molecule has 1 heterocycles. The third kappa shape index (κ3) is 1.99. The Morgan fingerprint density at radius 3 is 2.85 bits per heavy atom. The molecule has 5 heteroatoms. The Morgan fingerprint density at radius 1 is 1.69 bits per heavy atom. The van der Waals surface area contributed by atoms with Crippen LogP contribution in [0.1, 0.15) is 24.3 Å². The fraction of sp³-hybridized carbons (Fsp3) is 0.500. The van der Waals surface area contributed by atoms with Crippen molar-refractivity contribution in [2.45, 2.75) is 20.4 Å². The van der Waals surface area contributed by atoms with Crippen molar-refractivity contribution < 1.29 is 14.6 Å². The van der Waals surface area contributed by atoms with Crippen LogP contribution < -0.4 is 4.74 Å². The predicted molar refractivity (Wildman–Crippen MR) is 46.0 cm³/mol. The average Bonchev–Trinajstić information content (AvgIpc) is 2.48. The Kier molecular flexibility index (Phi) is 2.89. The molecule has 0 radical (unpaired) electrons. The van der Waals surface area contributed by atoms with Gasteiger partial charge in [0.25, 0.3) is 0 Å². The highest BCUT2D eigenvalue weighted by Crippen LogP contribution is 2.13. The van der Waals surface area contributed by atoms with E-state index >= 15 is 0 Å². The fourth-order valence-corrected chi connectivity index (χ4v) is 0.995. The zero-order chi connectivity index (χ0) is 9.84. The van der Waals surface area contributed by atoms with Crippen molar-refractivity contribution in [2.75, 3.05) is 6.61 Å². The molecule has 0 spiro atoms. The Bertz CT molecular complexity index is 306. The van der Waals surface area contributed by atoms with Gasteiger partial charge in [0.1, 0.15) is 0 Å². The van der Waals surface area contributed by atoms with Crippen molar-refractivity contribution in [1.82, 2.24) is 9.78 Å². The van der Waals surface area contributed by atoms with Gasteiger partial charge in [-0.05, 0) is 13.8 Å². The van der Waals surface area contributed by atoms with Gasteiger partial charge in [-0.25, -0.2) is 9.48 Å². The number of hydrogen-bond donors (Lipinski definition) is 1. The van der Waals surface area contributed by atoms with Gasteiger partial charge in [-0.1, -0.05) is 0 Å². The third-order valence-corrected chi connectivity index (χ3v) is 1.55. The van der Waals surface area contributed by atoms with E-state index in [1.807, 2.05) is 13.8 Å². The van der Waals surface area contributed by atoms with Crippen LogP contribution in [-0.2, 0) is 6.54 Å². The summed E-state index contributed by atoms with van der Waals surface area (Å²) >= 11 is 0. The molecule has 72 valence electrons. The lowest BCUT2D eigenvalue weighted by Crippen LogP contribution is -2.03. The molecule has 0 aliphatic carbocycles. The molecule has 1 N–H and O–H groups in total. The third-order valence-electron chi connectivity index (χ3n) is 1.55. The van der Waals surface area contributed by atoms with Crippen LogP contribution in [0.5, 0.6) is 5.88 Å². The maximum Gasteiger partial charge on any atom is 0.356 e. The fourth-order valence-electron chi connectivity index (χ4n) is 0.995. The van der Waals surface area contributed by atoms with Gasteiger partial charge in [-0.15, -0.1) is 0 Å². The molecule has 0 saturated heterocycles. The number of nitrogens with zero attached hydrogens (tertiary/aromatic N) is 2. The molecule has 0 aliphatic heterocycles. The minimum atomic E-state index is -1.03. The zero-order valence-electron chi connectivity index (χ0n) is 7.65. The molecule has 1 rings (SSSR count). The molecule has 0 bridgehead atoms. The second kappa shape index (κ2) is 3.93. The minimum Gasteiger partial charge on any atom is -0.478 e. The minimum absolute atomic E-state index is 0.0188. The van der Waals surface area contributed by atoms with E-state index in [0.717, 1.165) is 0 Å². The monoisotopic (exact) mass is 184 g/mol. The van der Waals surface area contributed by atoms with Crippen LogP contribution >= 0.6 is 0 Å². The molecule has 0 amide bonds. The van der Waals surface area contributed by atoms with Crippen LogP contribution in [0.4, 0.5) is 0 Å². The van der Waals surface area contributed by atoms with Crippen LogP contribution in [0.25, 0.3) is 0 Å². The standard InChI is InChI=1S/C8H12N2O3/c1-3-10-7(13-4-2)5-6(9-10)8(11)12/h5H,3-4H2,1-2H3,(H,11,12). The Balaban J connectivity index is 2.96. The van der Waals surface area contributed by atoms with Gasteiger partial charge in [0.2, 0.25) is 5.88 Å². The van der Waals surface area contributed by atoms with Crippen molar-refractivity contribution in [1.29, 1.82) is 0 Å². The highest BCUT2D eigenvalue weighted by atomic mass is 16.5. The molecule has 0 saturated carbocycles. The maximum atomic E-state index is 10.6. The molecular formula is C8H12N2O3. The summed E-state index contributed by atoms with van der Waals surface area (Å²) in [6.07, 6.45) is 0. The molecular weight excluding hydrogens is 172 g/mol. The second-order valence-corrected chi connectivity index (χ2v) is 2.42. The number of hydrogen-bond acceptors (Lipinski definition) is 3. The first-order chi connectivity index (χ1) is 6.19. The number of carboxylic acid groups (broad SMARTS) is 1. The summed E-state index contributed by atoms with van der Waals surface area (Å²) in [5.41, 5.74) is 0.0188. The molecule has 0 atom stereocenters. The van der Waals surface area contributed by atoms with Gasteiger partial charge < -0.3 is 9.84 Å².